The molecule has 0 spiro atoms. The van der Waals surface area contributed by atoms with Crippen molar-refractivity contribution in [1.29, 1.82) is 0 Å². The number of aliphatic hydroxyl groups is 1. The van der Waals surface area contributed by atoms with E-state index in [-0.39, 0.29) is 12.4 Å². The van der Waals surface area contributed by atoms with Gasteiger partial charge in [-0.2, -0.15) is 0 Å². The zero-order chi connectivity index (χ0) is 12.3. The second kappa shape index (κ2) is 5.80. The van der Waals surface area contributed by atoms with Gasteiger partial charge in [0.2, 0.25) is 0 Å². The Hall–Kier alpha value is -0.640. The highest BCUT2D eigenvalue weighted by atomic mass is 35.5. The topological polar surface area (TPSA) is 23.5 Å². The van der Waals surface area contributed by atoms with Crippen LogP contribution in [0.2, 0.25) is 5.02 Å². The summed E-state index contributed by atoms with van der Waals surface area (Å²) >= 11 is 6.01. The maximum absolute atomic E-state index is 12.9. The van der Waals surface area contributed by atoms with E-state index >= 15 is 0 Å². The van der Waals surface area contributed by atoms with Crippen LogP contribution in [0, 0.1) is 5.82 Å². The minimum Gasteiger partial charge on any atom is -0.395 e. The Kier molecular flexibility index (Phi) is 4.37. The Morgan fingerprint density at radius 1 is 1.41 bits per heavy atom. The minimum absolute atomic E-state index is 0.148. The first-order valence-corrected chi connectivity index (χ1v) is 6.37. The van der Waals surface area contributed by atoms with Crippen molar-refractivity contribution in [2.24, 2.45) is 0 Å². The fraction of sp³-hybridized carbons (Fsp3) is 0.538. The average molecular weight is 258 g/mol. The number of halogens is 2. The van der Waals surface area contributed by atoms with Crippen molar-refractivity contribution in [1.82, 2.24) is 4.90 Å². The predicted molar refractivity (Wildman–Crippen MR) is 66.5 cm³/mol. The van der Waals surface area contributed by atoms with Crippen LogP contribution in [-0.2, 0) is 6.54 Å². The summed E-state index contributed by atoms with van der Waals surface area (Å²) in [7, 11) is 0. The molecule has 4 heteroatoms. The zero-order valence-electron chi connectivity index (χ0n) is 9.70. The summed E-state index contributed by atoms with van der Waals surface area (Å²) in [5.41, 5.74) is 0.924. The van der Waals surface area contributed by atoms with E-state index in [9.17, 15) is 4.39 Å². The molecule has 1 aliphatic rings. The van der Waals surface area contributed by atoms with Gasteiger partial charge >= 0.3 is 0 Å². The molecule has 0 heterocycles. The highest BCUT2D eigenvalue weighted by molar-refractivity contribution is 6.31. The fourth-order valence-corrected chi connectivity index (χ4v) is 2.37. The number of hydrogen-bond donors (Lipinski definition) is 1. The van der Waals surface area contributed by atoms with Gasteiger partial charge in [0.05, 0.1) is 6.61 Å². The lowest BCUT2D eigenvalue weighted by atomic mass is 9.91. The summed E-state index contributed by atoms with van der Waals surface area (Å²) in [6.07, 6.45) is 3.61. The van der Waals surface area contributed by atoms with Crippen LogP contribution in [0.25, 0.3) is 0 Å². The first kappa shape index (κ1) is 12.8. The monoisotopic (exact) mass is 257 g/mol. The first-order valence-electron chi connectivity index (χ1n) is 5.99. The molecule has 0 unspecified atom stereocenters. The van der Waals surface area contributed by atoms with E-state index in [1.54, 1.807) is 6.07 Å². The van der Waals surface area contributed by atoms with E-state index in [4.69, 9.17) is 16.7 Å². The Bertz CT molecular complexity index is 382. The quantitative estimate of drug-likeness (QED) is 0.877. The fourth-order valence-electron chi connectivity index (χ4n) is 2.14. The Balaban J connectivity index is 2.05. The number of benzene rings is 1. The molecular formula is C13H17ClFNO. The lowest BCUT2D eigenvalue weighted by Crippen LogP contribution is -2.41. The molecule has 0 bridgehead atoms. The van der Waals surface area contributed by atoms with Gasteiger partial charge in [-0.05, 0) is 30.5 Å². The van der Waals surface area contributed by atoms with Crippen LogP contribution in [0.5, 0.6) is 0 Å². The van der Waals surface area contributed by atoms with Crippen molar-refractivity contribution in [3.63, 3.8) is 0 Å². The van der Waals surface area contributed by atoms with Crippen molar-refractivity contribution in [3.05, 3.63) is 34.6 Å². The molecule has 0 aromatic heterocycles. The van der Waals surface area contributed by atoms with Crippen LogP contribution >= 0.6 is 11.6 Å². The SMILES string of the molecule is OCCN(Cc1ccc(F)cc1Cl)C1CCC1. The molecule has 1 aromatic rings. The molecule has 17 heavy (non-hydrogen) atoms. The summed E-state index contributed by atoms with van der Waals surface area (Å²) in [6, 6.07) is 5.04. The molecule has 0 radical (unpaired) electrons. The summed E-state index contributed by atoms with van der Waals surface area (Å²) in [6.45, 7) is 1.48. The van der Waals surface area contributed by atoms with Gasteiger partial charge in [-0.25, -0.2) is 4.39 Å². The molecular weight excluding hydrogens is 241 g/mol. The third-order valence-electron chi connectivity index (χ3n) is 3.37. The number of rotatable bonds is 5. The normalized spacial score (nSPS) is 16.2. The van der Waals surface area contributed by atoms with E-state index < -0.39 is 0 Å². The second-order valence-electron chi connectivity index (χ2n) is 4.51. The summed E-state index contributed by atoms with van der Waals surface area (Å²) < 4.78 is 12.9. The minimum atomic E-state index is -0.309. The third-order valence-corrected chi connectivity index (χ3v) is 3.72. The van der Waals surface area contributed by atoms with Gasteiger partial charge in [-0.1, -0.05) is 24.1 Å². The maximum Gasteiger partial charge on any atom is 0.124 e. The van der Waals surface area contributed by atoms with Crippen molar-refractivity contribution in [2.45, 2.75) is 31.8 Å². The highest BCUT2D eigenvalue weighted by Crippen LogP contribution is 2.27. The summed E-state index contributed by atoms with van der Waals surface area (Å²) in [4.78, 5) is 2.22. The van der Waals surface area contributed by atoms with E-state index in [0.717, 1.165) is 5.56 Å². The number of hydrogen-bond acceptors (Lipinski definition) is 2. The van der Waals surface area contributed by atoms with Crippen LogP contribution in [0.1, 0.15) is 24.8 Å². The molecule has 0 aliphatic heterocycles. The maximum atomic E-state index is 12.9. The summed E-state index contributed by atoms with van der Waals surface area (Å²) in [5.74, 6) is -0.309. The van der Waals surface area contributed by atoms with Crippen molar-refractivity contribution < 1.29 is 9.50 Å². The van der Waals surface area contributed by atoms with Gasteiger partial charge in [0.15, 0.2) is 0 Å². The van der Waals surface area contributed by atoms with Crippen molar-refractivity contribution in [3.8, 4) is 0 Å². The van der Waals surface area contributed by atoms with Crippen LogP contribution in [0.3, 0.4) is 0 Å². The third kappa shape index (κ3) is 3.18. The standard InChI is InChI=1S/C13H17ClFNO/c14-13-8-11(15)5-4-10(13)9-16(6-7-17)12-2-1-3-12/h4-5,8,12,17H,1-3,6-7,9H2. The van der Waals surface area contributed by atoms with Crippen LogP contribution in [0.15, 0.2) is 18.2 Å². The smallest absolute Gasteiger partial charge is 0.124 e. The highest BCUT2D eigenvalue weighted by Gasteiger charge is 2.24. The lowest BCUT2D eigenvalue weighted by Gasteiger charge is -2.37. The van der Waals surface area contributed by atoms with Gasteiger partial charge in [-0.3, -0.25) is 4.90 Å². The molecule has 0 saturated heterocycles. The summed E-state index contributed by atoms with van der Waals surface area (Å²) in [5, 5.41) is 9.53. The van der Waals surface area contributed by atoms with E-state index in [1.165, 1.54) is 31.4 Å². The largest absolute Gasteiger partial charge is 0.395 e. The van der Waals surface area contributed by atoms with Gasteiger partial charge in [0.25, 0.3) is 0 Å². The molecule has 1 aliphatic carbocycles. The van der Waals surface area contributed by atoms with E-state index in [0.29, 0.717) is 24.2 Å². The van der Waals surface area contributed by atoms with E-state index in [1.807, 2.05) is 0 Å². The Labute approximate surface area is 106 Å². The Morgan fingerprint density at radius 3 is 2.71 bits per heavy atom. The molecule has 2 rings (SSSR count). The second-order valence-corrected chi connectivity index (χ2v) is 4.92. The lowest BCUT2D eigenvalue weighted by molar-refractivity contribution is 0.0945. The molecule has 1 saturated carbocycles. The van der Waals surface area contributed by atoms with Crippen molar-refractivity contribution in [2.75, 3.05) is 13.2 Å². The molecule has 0 amide bonds. The molecule has 94 valence electrons. The molecule has 0 atom stereocenters. The van der Waals surface area contributed by atoms with Crippen LogP contribution < -0.4 is 0 Å². The number of nitrogens with zero attached hydrogens (tertiary/aromatic N) is 1. The van der Waals surface area contributed by atoms with Gasteiger partial charge < -0.3 is 5.11 Å². The molecule has 1 N–H and O–H groups in total. The van der Waals surface area contributed by atoms with E-state index in [2.05, 4.69) is 4.90 Å². The number of aliphatic hydroxyl groups excluding tert-OH is 1. The average Bonchev–Trinajstić information content (AvgIpc) is 2.20. The van der Waals surface area contributed by atoms with Crippen LogP contribution in [0.4, 0.5) is 4.39 Å². The molecule has 2 nitrogen and oxygen atoms in total. The Morgan fingerprint density at radius 2 is 2.18 bits per heavy atom. The van der Waals surface area contributed by atoms with Gasteiger partial charge in [0.1, 0.15) is 5.82 Å². The zero-order valence-corrected chi connectivity index (χ0v) is 10.5. The predicted octanol–water partition coefficient (Wildman–Crippen LogP) is 2.83. The van der Waals surface area contributed by atoms with Gasteiger partial charge in [-0.15, -0.1) is 0 Å². The van der Waals surface area contributed by atoms with Gasteiger partial charge in [0, 0.05) is 24.2 Å². The molecule has 1 aromatic carbocycles. The van der Waals surface area contributed by atoms with Crippen LogP contribution in [-0.4, -0.2) is 29.2 Å². The molecule has 1 fully saturated rings. The van der Waals surface area contributed by atoms with Crippen molar-refractivity contribution >= 4 is 11.6 Å². The first-order chi connectivity index (χ1) is 8.20.